The van der Waals surface area contributed by atoms with Gasteiger partial charge in [-0.2, -0.15) is 0 Å². The quantitative estimate of drug-likeness (QED) is 0.621. The van der Waals surface area contributed by atoms with E-state index in [0.29, 0.717) is 6.54 Å². The highest BCUT2D eigenvalue weighted by molar-refractivity contribution is 5.48. The Morgan fingerprint density at radius 3 is 2.35 bits per heavy atom. The summed E-state index contributed by atoms with van der Waals surface area (Å²) in [5.74, 6) is 1.86. The van der Waals surface area contributed by atoms with Crippen molar-refractivity contribution in [1.82, 2.24) is 14.7 Å². The van der Waals surface area contributed by atoms with Crippen LogP contribution in [0.25, 0.3) is 0 Å². The van der Waals surface area contributed by atoms with Gasteiger partial charge in [-0.05, 0) is 62.8 Å². The topological polar surface area (TPSA) is 59.4 Å². The Morgan fingerprint density at radius 2 is 1.70 bits per heavy atom. The molecule has 2 aromatic carbocycles. The molecule has 0 radical (unpaired) electrons. The predicted molar refractivity (Wildman–Crippen MR) is 147 cm³/mol. The molecule has 3 aliphatic heterocycles. The molecular formula is C31H41N3O3. The minimum Gasteiger partial charge on any atom is -0.496 e. The molecule has 3 aliphatic rings. The highest BCUT2D eigenvalue weighted by Crippen LogP contribution is 2.49. The zero-order valence-electron chi connectivity index (χ0n) is 22.8. The van der Waals surface area contributed by atoms with E-state index < -0.39 is 6.10 Å². The molecule has 0 amide bonds. The molecule has 1 atom stereocenters. The van der Waals surface area contributed by atoms with Crippen molar-refractivity contribution in [3.8, 4) is 5.75 Å². The molecule has 2 N–H and O–H groups in total. The third kappa shape index (κ3) is 4.78. The van der Waals surface area contributed by atoms with E-state index >= 15 is 0 Å². The normalized spacial score (nSPS) is 19.9. The van der Waals surface area contributed by atoms with Crippen molar-refractivity contribution in [1.29, 1.82) is 0 Å². The lowest BCUT2D eigenvalue weighted by molar-refractivity contribution is 0.0244. The maximum Gasteiger partial charge on any atom is 0.122 e. The summed E-state index contributed by atoms with van der Waals surface area (Å²) < 4.78 is 5.76. The number of nitrogens with zero attached hydrogens (tertiary/aromatic N) is 3. The van der Waals surface area contributed by atoms with Crippen molar-refractivity contribution in [3.05, 3.63) is 87.9 Å². The number of rotatable bonds is 6. The Bertz CT molecular complexity index is 1190. The summed E-state index contributed by atoms with van der Waals surface area (Å²) in [4.78, 5) is 7.17. The molecule has 6 nitrogen and oxygen atoms in total. The number of methoxy groups -OCH3 is 1. The standard InChI is InChI=1S/C31H41N3O3/c1-21-12-22(2)14-25(13-21)17-32-10-8-31(9-11-32)30-7-6-28-26(15-23(3)16-29(28)37-5)18-33(30)24(4)34(31)19-27(36)20-35/h7,12-16,27,35-36H,4,6,8-11,17-20H2,1-3,5H3. The van der Waals surface area contributed by atoms with Crippen molar-refractivity contribution in [2.75, 3.05) is 33.4 Å². The van der Waals surface area contributed by atoms with Crippen LogP contribution in [0.1, 0.15) is 46.2 Å². The Morgan fingerprint density at radius 1 is 1.03 bits per heavy atom. The number of aliphatic hydroxyl groups is 2. The number of aliphatic hydroxyl groups excluding tert-OH is 2. The van der Waals surface area contributed by atoms with Crippen LogP contribution in [0, 0.1) is 20.8 Å². The molecule has 0 bridgehead atoms. The minimum absolute atomic E-state index is 0.240. The Hall–Kier alpha value is -2.80. The van der Waals surface area contributed by atoms with Crippen molar-refractivity contribution in [3.63, 3.8) is 0 Å². The Labute approximate surface area is 221 Å². The predicted octanol–water partition coefficient (Wildman–Crippen LogP) is 4.04. The highest BCUT2D eigenvalue weighted by atomic mass is 16.5. The lowest BCUT2D eigenvalue weighted by atomic mass is 9.82. The molecule has 1 unspecified atom stereocenters. The largest absolute Gasteiger partial charge is 0.496 e. The minimum atomic E-state index is -0.805. The van der Waals surface area contributed by atoms with Crippen LogP contribution in [-0.4, -0.2) is 69.9 Å². The van der Waals surface area contributed by atoms with Gasteiger partial charge >= 0.3 is 0 Å². The van der Waals surface area contributed by atoms with E-state index in [9.17, 15) is 10.2 Å². The SMILES string of the molecule is C=C1N2Cc3cc(C)cc(OC)c3CC=C2C2(CCN(Cc3cc(C)cc(C)c3)CC2)N1CC(O)CO. The average molecular weight is 504 g/mol. The van der Waals surface area contributed by atoms with Crippen LogP contribution in [0.4, 0.5) is 0 Å². The second-order valence-electron chi connectivity index (χ2n) is 11.2. The van der Waals surface area contributed by atoms with Gasteiger partial charge in [-0.3, -0.25) is 4.90 Å². The fraction of sp³-hybridized carbons (Fsp3) is 0.484. The molecule has 0 aromatic heterocycles. The van der Waals surface area contributed by atoms with Crippen LogP contribution in [-0.2, 0) is 19.5 Å². The summed E-state index contributed by atoms with van der Waals surface area (Å²) in [6, 6.07) is 11.2. The number of likely N-dealkylation sites (tertiary alicyclic amines) is 1. The number of ether oxygens (including phenoxy) is 1. The first kappa shape index (κ1) is 25.8. The van der Waals surface area contributed by atoms with Crippen molar-refractivity contribution >= 4 is 0 Å². The molecule has 0 aliphatic carbocycles. The monoisotopic (exact) mass is 503 g/mol. The molecule has 6 heteroatoms. The van der Waals surface area contributed by atoms with E-state index in [1.807, 2.05) is 0 Å². The average Bonchev–Trinajstić information content (AvgIpc) is 2.98. The number of piperidine rings is 1. The summed E-state index contributed by atoms with van der Waals surface area (Å²) in [6.45, 7) is 14.7. The molecule has 198 valence electrons. The number of benzene rings is 2. The highest BCUT2D eigenvalue weighted by Gasteiger charge is 2.52. The maximum atomic E-state index is 10.5. The number of fused-ring (bicyclic) bond motifs is 3. The van der Waals surface area contributed by atoms with Crippen LogP contribution >= 0.6 is 0 Å². The summed E-state index contributed by atoms with van der Waals surface area (Å²) in [5.41, 5.74) is 8.72. The van der Waals surface area contributed by atoms with E-state index in [1.165, 1.54) is 39.1 Å². The van der Waals surface area contributed by atoms with Crippen LogP contribution in [0.3, 0.4) is 0 Å². The summed E-state index contributed by atoms with van der Waals surface area (Å²) in [5, 5.41) is 20.2. The van der Waals surface area contributed by atoms with Gasteiger partial charge in [0, 0.05) is 44.0 Å². The van der Waals surface area contributed by atoms with Gasteiger partial charge in [0.25, 0.3) is 0 Å². The summed E-state index contributed by atoms with van der Waals surface area (Å²) >= 11 is 0. The van der Waals surface area contributed by atoms with Crippen LogP contribution < -0.4 is 4.74 Å². The maximum absolute atomic E-state index is 10.5. The zero-order valence-corrected chi connectivity index (χ0v) is 22.8. The lowest BCUT2D eigenvalue weighted by Crippen LogP contribution is -2.54. The number of aryl methyl sites for hydroxylation is 3. The molecular weight excluding hydrogens is 462 g/mol. The first-order valence-corrected chi connectivity index (χ1v) is 13.4. The summed E-state index contributed by atoms with van der Waals surface area (Å²) in [7, 11) is 1.75. The van der Waals surface area contributed by atoms with E-state index in [1.54, 1.807) is 7.11 Å². The van der Waals surface area contributed by atoms with Crippen molar-refractivity contribution in [2.24, 2.45) is 0 Å². The molecule has 5 rings (SSSR count). The van der Waals surface area contributed by atoms with Crippen molar-refractivity contribution < 1.29 is 14.9 Å². The van der Waals surface area contributed by atoms with Gasteiger partial charge in [0.1, 0.15) is 11.6 Å². The first-order valence-electron chi connectivity index (χ1n) is 13.4. The van der Waals surface area contributed by atoms with E-state index in [0.717, 1.165) is 57.0 Å². The van der Waals surface area contributed by atoms with Gasteiger partial charge in [-0.25, -0.2) is 0 Å². The zero-order chi connectivity index (χ0) is 26.3. The van der Waals surface area contributed by atoms with E-state index in [-0.39, 0.29) is 12.1 Å². The molecule has 2 aromatic rings. The summed E-state index contributed by atoms with van der Waals surface area (Å²) in [6.07, 6.45) is 4.26. The molecule has 2 saturated heterocycles. The Balaban J connectivity index is 1.45. The number of allylic oxidation sites excluding steroid dienone is 1. The molecule has 1 spiro atoms. The van der Waals surface area contributed by atoms with E-state index in [4.69, 9.17) is 4.74 Å². The van der Waals surface area contributed by atoms with Crippen LogP contribution in [0.5, 0.6) is 5.75 Å². The first-order chi connectivity index (χ1) is 17.7. The number of hydrogen-bond donors (Lipinski definition) is 2. The van der Waals surface area contributed by atoms with Gasteiger partial charge in [-0.1, -0.05) is 48.0 Å². The molecule has 2 fully saturated rings. The number of β-amino-alcohol motifs (C(OH)–C–C–N with tert-alkyl or cyclic N) is 1. The van der Waals surface area contributed by atoms with Gasteiger partial charge in [0.05, 0.1) is 25.4 Å². The third-order valence-electron chi connectivity index (χ3n) is 8.38. The van der Waals surface area contributed by atoms with Gasteiger partial charge in [0.15, 0.2) is 0 Å². The smallest absolute Gasteiger partial charge is 0.122 e. The second-order valence-corrected chi connectivity index (χ2v) is 11.2. The van der Waals surface area contributed by atoms with Gasteiger partial charge < -0.3 is 24.7 Å². The third-order valence-corrected chi connectivity index (χ3v) is 8.38. The molecule has 0 saturated carbocycles. The molecule has 3 heterocycles. The number of hydrogen-bond acceptors (Lipinski definition) is 6. The van der Waals surface area contributed by atoms with Crippen molar-refractivity contribution in [2.45, 2.75) is 64.8 Å². The fourth-order valence-electron chi connectivity index (χ4n) is 6.75. The second kappa shape index (κ2) is 10.2. The lowest BCUT2D eigenvalue weighted by Gasteiger charge is -2.46. The van der Waals surface area contributed by atoms with Gasteiger partial charge in [-0.15, -0.1) is 0 Å². The molecule has 37 heavy (non-hydrogen) atoms. The van der Waals surface area contributed by atoms with Crippen LogP contribution in [0.2, 0.25) is 0 Å². The Kier molecular flexibility index (Phi) is 7.10. The fourth-order valence-corrected chi connectivity index (χ4v) is 6.75. The van der Waals surface area contributed by atoms with E-state index in [2.05, 4.69) is 78.5 Å². The van der Waals surface area contributed by atoms with Gasteiger partial charge in [0.2, 0.25) is 0 Å². The van der Waals surface area contributed by atoms with Crippen LogP contribution in [0.15, 0.2) is 54.5 Å².